The molecule has 1 N–H and O–H groups in total. The van der Waals surface area contributed by atoms with E-state index in [4.69, 9.17) is 16.3 Å². The zero-order chi connectivity index (χ0) is 23.7. The van der Waals surface area contributed by atoms with E-state index in [9.17, 15) is 9.35 Å². The summed E-state index contributed by atoms with van der Waals surface area (Å²) < 4.78 is 17.7. The molecule has 1 unspecified atom stereocenters. The second kappa shape index (κ2) is 9.29. The summed E-state index contributed by atoms with van der Waals surface area (Å²) in [5.74, 6) is 0.606. The largest absolute Gasteiger partial charge is 0.611 e. The summed E-state index contributed by atoms with van der Waals surface area (Å²) >= 11 is 4.52. The maximum Gasteiger partial charge on any atom is 0.276 e. The van der Waals surface area contributed by atoms with E-state index in [0.717, 1.165) is 33.2 Å². The number of carbonyl (C=O) groups excluding carboxylic acids is 1. The van der Waals surface area contributed by atoms with Crippen molar-refractivity contribution in [2.24, 2.45) is 0 Å². The molecule has 1 aliphatic rings. The fourth-order valence-electron chi connectivity index (χ4n) is 4.18. The van der Waals surface area contributed by atoms with Gasteiger partial charge in [0, 0.05) is 53.4 Å². The predicted molar refractivity (Wildman–Crippen MR) is 135 cm³/mol. The highest BCUT2D eigenvalue weighted by Crippen LogP contribution is 2.47. The molecule has 1 amide bonds. The van der Waals surface area contributed by atoms with Crippen molar-refractivity contribution in [1.29, 1.82) is 0 Å². The van der Waals surface area contributed by atoms with Crippen LogP contribution in [0, 0.1) is 0 Å². The highest BCUT2D eigenvalue weighted by Gasteiger charge is 2.61. The molecule has 1 saturated carbocycles. The molecule has 0 bridgehead atoms. The number of hydrogen-bond donors (Lipinski definition) is 1. The number of pyridine rings is 1. The molecule has 1 aromatic heterocycles. The van der Waals surface area contributed by atoms with Crippen LogP contribution in [0.4, 0.5) is 0 Å². The van der Waals surface area contributed by atoms with Gasteiger partial charge in [-0.3, -0.25) is 9.78 Å². The maximum atomic E-state index is 13.1. The number of carbonyl (C=O) groups is 1. The number of aromatic nitrogens is 1. The van der Waals surface area contributed by atoms with Gasteiger partial charge >= 0.3 is 0 Å². The van der Waals surface area contributed by atoms with Crippen LogP contribution >= 0.6 is 11.6 Å². The Balaban J connectivity index is 1.38. The molecule has 0 spiro atoms. The summed E-state index contributed by atoms with van der Waals surface area (Å²) in [5.41, 5.74) is 3.06. The van der Waals surface area contributed by atoms with Crippen molar-refractivity contribution in [3.63, 3.8) is 0 Å². The van der Waals surface area contributed by atoms with Gasteiger partial charge in [-0.05, 0) is 64.5 Å². The van der Waals surface area contributed by atoms with E-state index >= 15 is 0 Å². The number of hydrogen-bond acceptors (Lipinski definition) is 4. The lowest BCUT2D eigenvalue weighted by atomic mass is 9.96. The molecule has 5 nitrogen and oxygen atoms in total. The molecule has 1 heterocycles. The van der Waals surface area contributed by atoms with Crippen molar-refractivity contribution >= 4 is 39.5 Å². The molecule has 0 aliphatic heterocycles. The van der Waals surface area contributed by atoms with Gasteiger partial charge in [0.2, 0.25) is 4.75 Å². The summed E-state index contributed by atoms with van der Waals surface area (Å²) in [6.45, 7) is 0.332. The first-order chi connectivity index (χ1) is 16.5. The summed E-state index contributed by atoms with van der Waals surface area (Å²) in [6.07, 6.45) is 4.79. The molecule has 1 fully saturated rings. The number of methoxy groups -OCH3 is 1. The Kier molecular flexibility index (Phi) is 6.21. The van der Waals surface area contributed by atoms with Crippen LogP contribution in [0.25, 0.3) is 21.9 Å². The molecule has 0 radical (unpaired) electrons. The Morgan fingerprint density at radius 1 is 1.12 bits per heavy atom. The number of benzene rings is 3. The molecule has 1 aliphatic carbocycles. The molecule has 172 valence electrons. The van der Waals surface area contributed by atoms with E-state index in [0.29, 0.717) is 29.3 Å². The Morgan fingerprint density at radius 2 is 1.91 bits per heavy atom. The van der Waals surface area contributed by atoms with Gasteiger partial charge in [0.25, 0.3) is 5.91 Å². The van der Waals surface area contributed by atoms with Crippen molar-refractivity contribution in [2.45, 2.75) is 29.0 Å². The van der Waals surface area contributed by atoms with E-state index in [1.165, 1.54) is 0 Å². The highest BCUT2D eigenvalue weighted by atomic mass is 35.5. The van der Waals surface area contributed by atoms with E-state index in [1.54, 1.807) is 37.6 Å². The zero-order valence-corrected chi connectivity index (χ0v) is 20.2. The Hall–Kier alpha value is -3.06. The first kappa shape index (κ1) is 22.7. The quantitative estimate of drug-likeness (QED) is 0.346. The summed E-state index contributed by atoms with van der Waals surface area (Å²) in [4.78, 5) is 18.0. The lowest BCUT2D eigenvalue weighted by molar-refractivity contribution is -0.121. The van der Waals surface area contributed by atoms with Crippen LogP contribution in [0.2, 0.25) is 5.02 Å². The van der Waals surface area contributed by atoms with E-state index in [-0.39, 0.29) is 5.91 Å². The van der Waals surface area contributed by atoms with Crippen molar-refractivity contribution in [3.05, 3.63) is 89.7 Å². The van der Waals surface area contributed by atoms with Gasteiger partial charge in [-0.15, -0.1) is 0 Å². The fourth-order valence-corrected chi connectivity index (χ4v) is 5.85. The lowest BCUT2D eigenvalue weighted by Crippen LogP contribution is -2.41. The van der Waals surface area contributed by atoms with Gasteiger partial charge in [-0.1, -0.05) is 35.9 Å². The molecule has 5 rings (SSSR count). The van der Waals surface area contributed by atoms with Gasteiger partial charge in [0.15, 0.2) is 4.90 Å². The summed E-state index contributed by atoms with van der Waals surface area (Å²) in [7, 11) is 1.65. The van der Waals surface area contributed by atoms with Crippen LogP contribution in [0.5, 0.6) is 5.75 Å². The van der Waals surface area contributed by atoms with Crippen LogP contribution in [0.3, 0.4) is 0 Å². The molecule has 34 heavy (non-hydrogen) atoms. The number of halogens is 1. The minimum atomic E-state index is -1.43. The summed E-state index contributed by atoms with van der Waals surface area (Å²) in [6, 6.07) is 20.8. The Labute approximate surface area is 206 Å². The Morgan fingerprint density at radius 3 is 2.65 bits per heavy atom. The van der Waals surface area contributed by atoms with Gasteiger partial charge in [-0.2, -0.15) is 0 Å². The van der Waals surface area contributed by atoms with Crippen molar-refractivity contribution in [2.75, 3.05) is 7.11 Å². The zero-order valence-electron chi connectivity index (χ0n) is 18.6. The first-order valence-electron chi connectivity index (χ1n) is 11.0. The number of nitrogens with one attached hydrogen (secondary N) is 1. The van der Waals surface area contributed by atoms with Gasteiger partial charge in [0.05, 0.1) is 7.11 Å². The summed E-state index contributed by atoms with van der Waals surface area (Å²) in [5, 5.41) is 5.61. The van der Waals surface area contributed by atoms with Crippen molar-refractivity contribution in [1.82, 2.24) is 10.3 Å². The fraction of sp³-hybridized carbons (Fsp3) is 0.185. The minimum absolute atomic E-state index is 0.185. The average Bonchev–Trinajstić information content (AvgIpc) is 3.69. The van der Waals surface area contributed by atoms with Crippen molar-refractivity contribution in [3.8, 4) is 16.9 Å². The van der Waals surface area contributed by atoms with Gasteiger partial charge in [-0.25, -0.2) is 0 Å². The second-order valence-electron chi connectivity index (χ2n) is 8.33. The number of ether oxygens (including phenoxy) is 1. The third-order valence-corrected chi connectivity index (χ3v) is 8.48. The monoisotopic (exact) mass is 490 g/mol. The minimum Gasteiger partial charge on any atom is -0.611 e. The number of nitrogens with zero attached hydrogens (tertiary/aromatic N) is 1. The second-order valence-corrected chi connectivity index (χ2v) is 10.6. The van der Waals surface area contributed by atoms with Crippen LogP contribution in [0.1, 0.15) is 18.4 Å². The molecule has 3 aromatic carbocycles. The maximum absolute atomic E-state index is 13.1. The molecule has 7 heteroatoms. The van der Waals surface area contributed by atoms with Gasteiger partial charge < -0.3 is 14.6 Å². The van der Waals surface area contributed by atoms with Crippen molar-refractivity contribution < 1.29 is 14.1 Å². The van der Waals surface area contributed by atoms with Crippen LogP contribution < -0.4 is 10.1 Å². The van der Waals surface area contributed by atoms with Crippen LogP contribution in [-0.2, 0) is 22.5 Å². The predicted octanol–water partition coefficient (Wildman–Crippen LogP) is 5.52. The molecule has 1 atom stereocenters. The van der Waals surface area contributed by atoms with E-state index in [1.807, 2.05) is 42.6 Å². The third kappa shape index (κ3) is 4.25. The first-order valence-corrected chi connectivity index (χ1v) is 12.5. The standard InChI is InChI=1S/C27H23ClN2O3S/c1-33-21-4-2-3-18(15-21)23-10-5-19(25-17-29-14-11-24(23)25)16-30-26(31)27(12-13-27)34(32)22-8-6-20(28)7-9-22/h2-11,14-15,17H,12-13,16H2,1H3,(H,30,31). The van der Waals surface area contributed by atoms with E-state index < -0.39 is 15.9 Å². The molecule has 4 aromatic rings. The van der Waals surface area contributed by atoms with Crippen LogP contribution in [-0.4, -0.2) is 27.3 Å². The highest BCUT2D eigenvalue weighted by molar-refractivity contribution is 7.94. The van der Waals surface area contributed by atoms with Gasteiger partial charge in [0.1, 0.15) is 5.75 Å². The number of rotatable bonds is 7. The molecular weight excluding hydrogens is 468 g/mol. The SMILES string of the molecule is COc1cccc(-c2ccc(CNC(=O)C3([S+]([O-])c4ccc(Cl)cc4)CC3)c3cnccc23)c1. The Bertz CT molecular complexity index is 1360. The van der Waals surface area contributed by atoms with Crippen LogP contribution in [0.15, 0.2) is 84.0 Å². The number of fused-ring (bicyclic) bond motifs is 1. The number of amides is 1. The average molecular weight is 491 g/mol. The topological polar surface area (TPSA) is 74.3 Å². The molecule has 0 saturated heterocycles. The van der Waals surface area contributed by atoms with E-state index in [2.05, 4.69) is 16.4 Å². The third-order valence-electron chi connectivity index (χ3n) is 6.23. The molecular formula is C27H23ClN2O3S. The normalized spacial score (nSPS) is 15.0. The smallest absolute Gasteiger partial charge is 0.276 e. The lowest BCUT2D eigenvalue weighted by Gasteiger charge is -2.20.